The summed E-state index contributed by atoms with van der Waals surface area (Å²) in [6.07, 6.45) is 3.17. The quantitative estimate of drug-likeness (QED) is 0.771. The summed E-state index contributed by atoms with van der Waals surface area (Å²) in [5.74, 6) is 0. The van der Waals surface area contributed by atoms with Gasteiger partial charge in [-0.3, -0.25) is 4.72 Å². The lowest BCUT2D eigenvalue weighted by Gasteiger charge is -2.19. The van der Waals surface area contributed by atoms with E-state index in [1.165, 1.54) is 12.1 Å². The Bertz CT molecular complexity index is 1040. The summed E-state index contributed by atoms with van der Waals surface area (Å²) in [6.45, 7) is 6.18. The van der Waals surface area contributed by atoms with Gasteiger partial charge in [-0.1, -0.05) is 51.8 Å². The molecule has 3 rings (SSSR count). The zero-order chi connectivity index (χ0) is 20.6. The fraction of sp³-hybridized carbons (Fsp3) is 0.429. The smallest absolute Gasteiger partial charge is 0.261 e. The van der Waals surface area contributed by atoms with Gasteiger partial charge < -0.3 is 0 Å². The van der Waals surface area contributed by atoms with E-state index in [0.29, 0.717) is 12.8 Å². The molecule has 0 bridgehead atoms. The molecular formula is C21H27NO4S2. The lowest BCUT2D eigenvalue weighted by atomic mass is 9.87. The Morgan fingerprint density at radius 1 is 0.857 bits per heavy atom. The van der Waals surface area contributed by atoms with E-state index in [0.717, 1.165) is 18.4 Å². The molecule has 1 aliphatic rings. The Hall–Kier alpha value is -1.86. The number of hydrogen-bond donors (Lipinski definition) is 1. The number of anilines is 1. The van der Waals surface area contributed by atoms with E-state index < -0.39 is 19.9 Å². The Morgan fingerprint density at radius 2 is 1.46 bits per heavy atom. The third kappa shape index (κ3) is 4.41. The lowest BCUT2D eigenvalue weighted by molar-refractivity contribution is 0.579. The first kappa shape index (κ1) is 20.9. The average molecular weight is 422 g/mol. The van der Waals surface area contributed by atoms with Crippen molar-refractivity contribution >= 4 is 25.5 Å². The van der Waals surface area contributed by atoms with E-state index in [1.807, 2.05) is 0 Å². The van der Waals surface area contributed by atoms with Crippen molar-refractivity contribution in [3.8, 4) is 0 Å². The maximum Gasteiger partial charge on any atom is 0.261 e. The zero-order valence-electron chi connectivity index (χ0n) is 16.5. The largest absolute Gasteiger partial charge is 0.280 e. The van der Waals surface area contributed by atoms with Crippen molar-refractivity contribution in [2.24, 2.45) is 0 Å². The van der Waals surface area contributed by atoms with E-state index in [2.05, 4.69) is 25.5 Å². The molecule has 7 heteroatoms. The SMILES string of the molecule is CC(C)(C)c1ccc(S(=O)(=O)Nc2cccc(S(=O)(=O)C3CCCC3)c2)cc1. The van der Waals surface area contributed by atoms with Crippen LogP contribution in [0.5, 0.6) is 0 Å². The maximum absolute atomic E-state index is 12.8. The van der Waals surface area contributed by atoms with Crippen LogP contribution in [0, 0.1) is 0 Å². The van der Waals surface area contributed by atoms with Gasteiger partial charge in [-0.15, -0.1) is 0 Å². The van der Waals surface area contributed by atoms with Gasteiger partial charge in [-0.25, -0.2) is 16.8 Å². The Labute approximate surface area is 168 Å². The van der Waals surface area contributed by atoms with Gasteiger partial charge in [0.15, 0.2) is 9.84 Å². The molecule has 2 aromatic rings. The number of nitrogens with one attached hydrogen (secondary N) is 1. The predicted molar refractivity (Wildman–Crippen MR) is 112 cm³/mol. The minimum absolute atomic E-state index is 0.0708. The Balaban J connectivity index is 1.85. The van der Waals surface area contributed by atoms with Crippen LogP contribution in [0.15, 0.2) is 58.3 Å². The average Bonchev–Trinajstić information content (AvgIpc) is 3.16. The van der Waals surface area contributed by atoms with Crippen molar-refractivity contribution in [2.45, 2.75) is 66.9 Å². The van der Waals surface area contributed by atoms with E-state index >= 15 is 0 Å². The summed E-state index contributed by atoms with van der Waals surface area (Å²) in [4.78, 5) is 0.312. The third-order valence-corrected chi connectivity index (χ3v) is 8.84. The molecule has 1 saturated carbocycles. The summed E-state index contributed by atoms with van der Waals surface area (Å²) < 4.78 is 53.5. The fourth-order valence-corrected chi connectivity index (χ4v) is 6.42. The highest BCUT2D eigenvalue weighted by Crippen LogP contribution is 2.31. The molecule has 5 nitrogen and oxygen atoms in total. The van der Waals surface area contributed by atoms with Crippen LogP contribution in [0.3, 0.4) is 0 Å². The summed E-state index contributed by atoms with van der Waals surface area (Å²) >= 11 is 0. The van der Waals surface area contributed by atoms with Gasteiger partial charge in [0.2, 0.25) is 0 Å². The van der Waals surface area contributed by atoms with Crippen molar-refractivity contribution in [3.05, 3.63) is 54.1 Å². The van der Waals surface area contributed by atoms with E-state index in [1.54, 1.807) is 36.4 Å². The van der Waals surface area contributed by atoms with Crippen LogP contribution < -0.4 is 4.72 Å². The summed E-state index contributed by atoms with van der Waals surface area (Å²) in [6, 6.07) is 12.8. The van der Waals surface area contributed by atoms with Crippen molar-refractivity contribution in [2.75, 3.05) is 4.72 Å². The highest BCUT2D eigenvalue weighted by atomic mass is 32.2. The second kappa shape index (κ2) is 7.52. The number of rotatable bonds is 5. The minimum Gasteiger partial charge on any atom is -0.280 e. The van der Waals surface area contributed by atoms with Gasteiger partial charge in [-0.2, -0.15) is 0 Å². The van der Waals surface area contributed by atoms with Crippen LogP contribution in [-0.4, -0.2) is 22.1 Å². The van der Waals surface area contributed by atoms with E-state index in [9.17, 15) is 16.8 Å². The molecule has 152 valence electrons. The van der Waals surface area contributed by atoms with Crippen LogP contribution in [0.4, 0.5) is 5.69 Å². The second-order valence-corrected chi connectivity index (χ2v) is 12.3. The second-order valence-electron chi connectivity index (χ2n) is 8.36. The van der Waals surface area contributed by atoms with Crippen LogP contribution in [0.1, 0.15) is 52.0 Å². The topological polar surface area (TPSA) is 80.3 Å². The van der Waals surface area contributed by atoms with Crippen LogP contribution in [0.2, 0.25) is 0 Å². The van der Waals surface area contributed by atoms with Gasteiger partial charge in [0.25, 0.3) is 10.0 Å². The van der Waals surface area contributed by atoms with Gasteiger partial charge in [0.1, 0.15) is 0 Å². The first-order valence-electron chi connectivity index (χ1n) is 9.47. The van der Waals surface area contributed by atoms with Crippen LogP contribution >= 0.6 is 0 Å². The van der Waals surface area contributed by atoms with Gasteiger partial charge in [-0.05, 0) is 54.2 Å². The molecule has 1 aliphatic carbocycles. The highest BCUT2D eigenvalue weighted by molar-refractivity contribution is 7.93. The first-order valence-corrected chi connectivity index (χ1v) is 12.5. The molecule has 0 spiro atoms. The number of benzene rings is 2. The standard InChI is InChI=1S/C21H27NO4S2/c1-21(2,3)16-11-13-19(14-12-16)28(25,26)22-17-7-6-10-20(15-17)27(23,24)18-8-4-5-9-18/h6-7,10-15,18,22H,4-5,8-9H2,1-3H3. The Morgan fingerprint density at radius 3 is 2.04 bits per heavy atom. The first-order chi connectivity index (χ1) is 13.0. The summed E-state index contributed by atoms with van der Waals surface area (Å²) in [7, 11) is -7.24. The minimum atomic E-state index is -3.80. The molecule has 0 saturated heterocycles. The van der Waals surface area contributed by atoms with Crippen molar-refractivity contribution < 1.29 is 16.8 Å². The van der Waals surface area contributed by atoms with Crippen molar-refractivity contribution in [1.82, 2.24) is 0 Å². The molecule has 0 aromatic heterocycles. The van der Waals surface area contributed by atoms with E-state index in [4.69, 9.17) is 0 Å². The molecule has 0 radical (unpaired) electrons. The predicted octanol–water partition coefficient (Wildman–Crippen LogP) is 4.50. The van der Waals surface area contributed by atoms with Gasteiger partial charge in [0, 0.05) is 0 Å². The molecule has 0 atom stereocenters. The molecular weight excluding hydrogens is 394 g/mol. The number of sulfone groups is 1. The van der Waals surface area contributed by atoms with E-state index in [-0.39, 0.29) is 26.1 Å². The fourth-order valence-electron chi connectivity index (χ4n) is 3.48. The molecule has 0 amide bonds. The van der Waals surface area contributed by atoms with Crippen LogP contribution in [0.25, 0.3) is 0 Å². The lowest BCUT2D eigenvalue weighted by Crippen LogP contribution is -2.18. The molecule has 2 aromatic carbocycles. The molecule has 0 unspecified atom stereocenters. The Kier molecular flexibility index (Phi) is 5.60. The zero-order valence-corrected chi connectivity index (χ0v) is 18.1. The van der Waals surface area contributed by atoms with Gasteiger partial charge >= 0.3 is 0 Å². The molecule has 1 fully saturated rings. The molecule has 28 heavy (non-hydrogen) atoms. The molecule has 0 heterocycles. The maximum atomic E-state index is 12.8. The molecule has 1 N–H and O–H groups in total. The third-order valence-electron chi connectivity index (χ3n) is 5.19. The van der Waals surface area contributed by atoms with Crippen molar-refractivity contribution in [1.29, 1.82) is 0 Å². The van der Waals surface area contributed by atoms with Gasteiger partial charge in [0.05, 0.1) is 20.7 Å². The summed E-state index contributed by atoms with van der Waals surface area (Å²) in [5.41, 5.74) is 1.22. The normalized spacial score (nSPS) is 16.2. The number of sulfonamides is 1. The van der Waals surface area contributed by atoms with Crippen molar-refractivity contribution in [3.63, 3.8) is 0 Å². The number of hydrogen-bond acceptors (Lipinski definition) is 4. The highest BCUT2D eigenvalue weighted by Gasteiger charge is 2.30. The monoisotopic (exact) mass is 421 g/mol. The molecule has 0 aliphatic heterocycles. The summed E-state index contributed by atoms with van der Waals surface area (Å²) in [5, 5.41) is -0.371. The van der Waals surface area contributed by atoms with Crippen LogP contribution in [-0.2, 0) is 25.3 Å².